The third-order valence-electron chi connectivity index (χ3n) is 4.92. The summed E-state index contributed by atoms with van der Waals surface area (Å²) in [5, 5.41) is 0. The number of unbranched alkanes of at least 4 members (excludes halogenated alkanes) is 1. The van der Waals surface area contributed by atoms with Crippen molar-refractivity contribution in [2.75, 3.05) is 11.4 Å². The molecular weight excluding hydrogens is 388 g/mol. The maximum atomic E-state index is 13.4. The van der Waals surface area contributed by atoms with Gasteiger partial charge in [-0.15, -0.1) is 0 Å². The minimum absolute atomic E-state index is 0.138. The lowest BCUT2D eigenvalue weighted by Gasteiger charge is -2.17. The molecule has 0 aliphatic carbocycles. The van der Waals surface area contributed by atoms with Crippen molar-refractivity contribution in [1.82, 2.24) is 4.90 Å². The van der Waals surface area contributed by atoms with Crippen molar-refractivity contribution in [3.63, 3.8) is 0 Å². The number of hydrogen-bond acceptors (Lipinski definition) is 4. The number of rotatable bonds is 5. The van der Waals surface area contributed by atoms with Crippen molar-refractivity contribution in [2.45, 2.75) is 26.3 Å². The number of thiocarbonyl (C=S) groups is 1. The van der Waals surface area contributed by atoms with Gasteiger partial charge in [0.25, 0.3) is 11.8 Å². The Bertz CT molecular complexity index is 985. The zero-order valence-corrected chi connectivity index (χ0v) is 17.2. The van der Waals surface area contributed by atoms with Gasteiger partial charge in [-0.05, 0) is 18.1 Å². The third-order valence-corrected chi connectivity index (χ3v) is 6.37. The standard InChI is InChI=1S/C22H20N2O2S2/c1-2-3-13-23-21(26)19(28-22(23)27)18-16-11-7-8-12-17(16)24(20(18)25)14-15-9-5-4-6-10-15/h4-12H,2-3,13-14H2,1H3. The Labute approximate surface area is 174 Å². The molecule has 0 radical (unpaired) electrons. The second-order valence-corrected chi connectivity index (χ2v) is 8.42. The molecule has 0 unspecified atom stereocenters. The molecule has 0 saturated carbocycles. The molecule has 0 N–H and O–H groups in total. The summed E-state index contributed by atoms with van der Waals surface area (Å²) < 4.78 is 0.535. The monoisotopic (exact) mass is 408 g/mol. The van der Waals surface area contributed by atoms with Crippen molar-refractivity contribution in [3.05, 3.63) is 70.6 Å². The van der Waals surface area contributed by atoms with Crippen LogP contribution in [0, 0.1) is 0 Å². The van der Waals surface area contributed by atoms with Gasteiger partial charge in [-0.2, -0.15) is 0 Å². The number of para-hydroxylation sites is 1. The molecule has 2 aliphatic heterocycles. The van der Waals surface area contributed by atoms with Gasteiger partial charge in [-0.1, -0.05) is 85.9 Å². The van der Waals surface area contributed by atoms with Crippen LogP contribution in [-0.4, -0.2) is 27.6 Å². The maximum Gasteiger partial charge on any atom is 0.267 e. The van der Waals surface area contributed by atoms with E-state index in [1.807, 2.05) is 54.6 Å². The van der Waals surface area contributed by atoms with E-state index in [0.29, 0.717) is 27.9 Å². The first-order valence-corrected chi connectivity index (χ1v) is 10.6. The summed E-state index contributed by atoms with van der Waals surface area (Å²) in [6, 6.07) is 17.5. The molecule has 4 rings (SSSR count). The predicted molar refractivity (Wildman–Crippen MR) is 118 cm³/mol. The number of hydrogen-bond donors (Lipinski definition) is 0. The predicted octanol–water partition coefficient (Wildman–Crippen LogP) is 4.60. The van der Waals surface area contributed by atoms with E-state index in [-0.39, 0.29) is 11.8 Å². The van der Waals surface area contributed by atoms with Crippen molar-refractivity contribution < 1.29 is 9.59 Å². The van der Waals surface area contributed by atoms with Crippen LogP contribution in [0.15, 0.2) is 59.5 Å². The molecule has 6 heteroatoms. The number of benzene rings is 2. The average Bonchev–Trinajstić information content (AvgIpc) is 3.14. The molecule has 0 bridgehead atoms. The number of carbonyl (C=O) groups excluding carboxylic acids is 2. The first-order chi connectivity index (χ1) is 13.6. The van der Waals surface area contributed by atoms with E-state index in [9.17, 15) is 9.59 Å². The van der Waals surface area contributed by atoms with Crippen LogP contribution < -0.4 is 4.90 Å². The Morgan fingerprint density at radius 2 is 1.64 bits per heavy atom. The Balaban J connectivity index is 1.74. The van der Waals surface area contributed by atoms with E-state index < -0.39 is 0 Å². The Morgan fingerprint density at radius 3 is 2.39 bits per heavy atom. The third kappa shape index (κ3) is 3.27. The Morgan fingerprint density at radius 1 is 0.929 bits per heavy atom. The van der Waals surface area contributed by atoms with Crippen LogP contribution in [0.25, 0.3) is 5.57 Å². The summed E-state index contributed by atoms with van der Waals surface area (Å²) in [5.41, 5.74) is 3.16. The molecule has 0 aromatic heterocycles. The van der Waals surface area contributed by atoms with Gasteiger partial charge < -0.3 is 4.90 Å². The van der Waals surface area contributed by atoms with E-state index in [1.165, 1.54) is 11.8 Å². The van der Waals surface area contributed by atoms with Crippen molar-refractivity contribution in [1.29, 1.82) is 0 Å². The maximum absolute atomic E-state index is 13.4. The van der Waals surface area contributed by atoms with E-state index in [2.05, 4.69) is 6.92 Å². The van der Waals surface area contributed by atoms with Crippen molar-refractivity contribution in [2.24, 2.45) is 0 Å². The van der Waals surface area contributed by atoms with Gasteiger partial charge >= 0.3 is 0 Å². The van der Waals surface area contributed by atoms with E-state index in [4.69, 9.17) is 12.2 Å². The van der Waals surface area contributed by atoms with Crippen LogP contribution in [0.1, 0.15) is 30.9 Å². The first-order valence-electron chi connectivity index (χ1n) is 9.35. The normalized spacial score (nSPS) is 19.0. The van der Waals surface area contributed by atoms with Gasteiger partial charge in [0.15, 0.2) is 0 Å². The van der Waals surface area contributed by atoms with Crippen LogP contribution in [0.3, 0.4) is 0 Å². The number of nitrogens with zero attached hydrogens (tertiary/aromatic N) is 2. The minimum atomic E-state index is -0.150. The van der Waals surface area contributed by atoms with E-state index in [0.717, 1.165) is 29.7 Å². The van der Waals surface area contributed by atoms with Gasteiger partial charge in [-0.3, -0.25) is 14.5 Å². The fraction of sp³-hybridized carbons (Fsp3) is 0.227. The molecule has 2 aromatic rings. The molecule has 142 valence electrons. The lowest BCUT2D eigenvalue weighted by Crippen LogP contribution is -2.30. The molecule has 1 saturated heterocycles. The SMILES string of the molecule is CCCCN1C(=O)C(=C2C(=O)N(Cc3ccccc3)c3ccccc32)SC1=S. The fourth-order valence-corrected chi connectivity index (χ4v) is 4.86. The molecular formula is C22H20N2O2S2. The van der Waals surface area contributed by atoms with Crippen molar-refractivity contribution >= 4 is 51.4 Å². The molecule has 0 atom stereocenters. The fourth-order valence-electron chi connectivity index (χ4n) is 3.48. The summed E-state index contributed by atoms with van der Waals surface area (Å²) in [4.78, 5) is 30.2. The van der Waals surface area contributed by atoms with Gasteiger partial charge in [0.05, 0.1) is 22.7 Å². The highest BCUT2D eigenvalue weighted by atomic mass is 32.2. The van der Waals surface area contributed by atoms with Crippen molar-refractivity contribution in [3.8, 4) is 0 Å². The quantitative estimate of drug-likeness (QED) is 0.535. The lowest BCUT2D eigenvalue weighted by molar-refractivity contribution is -0.122. The summed E-state index contributed by atoms with van der Waals surface area (Å²) in [5.74, 6) is -0.288. The molecule has 1 fully saturated rings. The summed E-state index contributed by atoms with van der Waals surface area (Å²) in [6.45, 7) is 3.14. The number of anilines is 1. The molecule has 2 amide bonds. The summed E-state index contributed by atoms with van der Waals surface area (Å²) in [7, 11) is 0. The van der Waals surface area contributed by atoms with Crippen LogP contribution in [0.4, 0.5) is 5.69 Å². The number of thioether (sulfide) groups is 1. The van der Waals surface area contributed by atoms with Gasteiger partial charge in [-0.25, -0.2) is 0 Å². The molecule has 2 aromatic carbocycles. The zero-order chi connectivity index (χ0) is 19.7. The van der Waals surface area contributed by atoms with E-state index in [1.54, 1.807) is 9.80 Å². The highest BCUT2D eigenvalue weighted by Gasteiger charge is 2.41. The minimum Gasteiger partial charge on any atom is -0.303 e. The van der Waals surface area contributed by atoms with E-state index >= 15 is 0 Å². The second-order valence-electron chi connectivity index (χ2n) is 6.78. The lowest BCUT2D eigenvalue weighted by atomic mass is 10.1. The summed E-state index contributed by atoms with van der Waals surface area (Å²) >= 11 is 6.67. The number of amides is 2. The van der Waals surface area contributed by atoms with Crippen LogP contribution in [0.5, 0.6) is 0 Å². The summed E-state index contributed by atoms with van der Waals surface area (Å²) in [6.07, 6.45) is 1.87. The van der Waals surface area contributed by atoms with Gasteiger partial charge in [0, 0.05) is 12.1 Å². The molecule has 2 aliphatic rings. The number of carbonyl (C=O) groups is 2. The molecule has 28 heavy (non-hydrogen) atoms. The smallest absolute Gasteiger partial charge is 0.267 e. The average molecular weight is 409 g/mol. The van der Waals surface area contributed by atoms with Gasteiger partial charge in [0.2, 0.25) is 0 Å². The Hall–Kier alpha value is -2.44. The Kier molecular flexibility index (Phi) is 5.33. The highest BCUT2D eigenvalue weighted by molar-refractivity contribution is 8.26. The first kappa shape index (κ1) is 18.9. The van der Waals surface area contributed by atoms with Crippen LogP contribution >= 0.6 is 24.0 Å². The zero-order valence-electron chi connectivity index (χ0n) is 15.6. The molecule has 0 spiro atoms. The number of fused-ring (bicyclic) bond motifs is 1. The largest absolute Gasteiger partial charge is 0.303 e. The van der Waals surface area contributed by atoms with Crippen LogP contribution in [0.2, 0.25) is 0 Å². The van der Waals surface area contributed by atoms with Crippen LogP contribution in [-0.2, 0) is 16.1 Å². The van der Waals surface area contributed by atoms with Gasteiger partial charge in [0.1, 0.15) is 4.32 Å². The molecule has 2 heterocycles. The highest BCUT2D eigenvalue weighted by Crippen LogP contribution is 2.45. The molecule has 4 nitrogen and oxygen atoms in total. The second kappa shape index (κ2) is 7.89. The topological polar surface area (TPSA) is 40.6 Å².